The van der Waals surface area contributed by atoms with Crippen LogP contribution in [-0.2, 0) is 23.7 Å². The molecular formula is C13H22O12. The molecule has 1 unspecified atom stereocenters. The summed E-state index contributed by atoms with van der Waals surface area (Å²) in [5.41, 5.74) is 0. The molecule has 0 bridgehead atoms. The number of carboxylic acid groups (broad SMARTS) is 1. The zero-order chi connectivity index (χ0) is 18.9. The van der Waals surface area contributed by atoms with E-state index >= 15 is 0 Å². The predicted molar refractivity (Wildman–Crippen MR) is 74.0 cm³/mol. The van der Waals surface area contributed by atoms with E-state index in [9.17, 15) is 35.4 Å². The third kappa shape index (κ3) is 3.93. The van der Waals surface area contributed by atoms with Gasteiger partial charge < -0.3 is 54.7 Å². The van der Waals surface area contributed by atoms with Crippen LogP contribution < -0.4 is 0 Å². The van der Waals surface area contributed by atoms with Gasteiger partial charge in [-0.15, -0.1) is 0 Å². The first-order valence-electron chi connectivity index (χ1n) is 7.46. The molecule has 7 N–H and O–H groups in total. The summed E-state index contributed by atoms with van der Waals surface area (Å²) < 4.78 is 20.1. The summed E-state index contributed by atoms with van der Waals surface area (Å²) in [5, 5.41) is 67.6. The SMILES string of the molecule is CO[C@H]1[C@H](O)[C@@H](O)[C@@H](O[C@@H]2[C@H](O)[C@@H](O)C(O)O[C@@H]2CO)O[C@@H]1C(=O)O. The molecule has 0 radical (unpaired) electrons. The summed E-state index contributed by atoms with van der Waals surface area (Å²) in [5.74, 6) is -1.49. The minimum absolute atomic E-state index is 0.722. The molecule has 2 fully saturated rings. The summed E-state index contributed by atoms with van der Waals surface area (Å²) in [6.45, 7) is -0.722. The highest BCUT2D eigenvalue weighted by atomic mass is 16.7. The minimum Gasteiger partial charge on any atom is -0.479 e. The van der Waals surface area contributed by atoms with Crippen molar-refractivity contribution in [3.05, 3.63) is 0 Å². The standard InChI is InChI=1S/C13H22O12/c1-22-9-5(16)7(18)13(25-10(9)11(19)20)24-8-3(2-14)23-12(21)6(17)4(8)15/h3-10,12-18,21H,2H2,1H3,(H,19,20)/t3-,4-,5-,6-,7-,8+,9+,10+,12?,13+/m1/s1. The van der Waals surface area contributed by atoms with Crippen LogP contribution in [0.4, 0.5) is 0 Å². The molecule has 25 heavy (non-hydrogen) atoms. The van der Waals surface area contributed by atoms with E-state index in [1.54, 1.807) is 0 Å². The van der Waals surface area contributed by atoms with E-state index in [1.165, 1.54) is 0 Å². The fourth-order valence-corrected chi connectivity index (χ4v) is 2.80. The van der Waals surface area contributed by atoms with Crippen molar-refractivity contribution >= 4 is 5.97 Å². The molecule has 146 valence electrons. The number of aliphatic carboxylic acids is 1. The van der Waals surface area contributed by atoms with Crippen LogP contribution in [0.15, 0.2) is 0 Å². The Kier molecular flexibility index (Phi) is 6.67. The van der Waals surface area contributed by atoms with Crippen molar-refractivity contribution in [3.63, 3.8) is 0 Å². The van der Waals surface area contributed by atoms with E-state index in [1.807, 2.05) is 0 Å². The Hall–Kier alpha value is -0.930. The molecule has 0 amide bonds. The van der Waals surface area contributed by atoms with Crippen molar-refractivity contribution in [2.24, 2.45) is 0 Å². The first-order chi connectivity index (χ1) is 11.7. The minimum atomic E-state index is -1.78. The van der Waals surface area contributed by atoms with Gasteiger partial charge in [0.05, 0.1) is 6.61 Å². The molecule has 0 aromatic carbocycles. The number of aliphatic hydroxyl groups excluding tert-OH is 6. The predicted octanol–water partition coefficient (Wildman–Crippen LogP) is -4.65. The Morgan fingerprint density at radius 3 is 2.08 bits per heavy atom. The van der Waals surface area contributed by atoms with Crippen LogP contribution in [0.3, 0.4) is 0 Å². The first-order valence-corrected chi connectivity index (χ1v) is 7.46. The molecule has 0 aromatic heterocycles. The van der Waals surface area contributed by atoms with Crippen molar-refractivity contribution in [2.75, 3.05) is 13.7 Å². The van der Waals surface area contributed by atoms with Crippen molar-refractivity contribution in [1.82, 2.24) is 0 Å². The van der Waals surface area contributed by atoms with Gasteiger partial charge in [0.15, 0.2) is 18.7 Å². The van der Waals surface area contributed by atoms with Gasteiger partial charge in [0.1, 0.15) is 42.7 Å². The third-order valence-electron chi connectivity index (χ3n) is 4.19. The van der Waals surface area contributed by atoms with Gasteiger partial charge in [-0.3, -0.25) is 0 Å². The van der Waals surface area contributed by atoms with Gasteiger partial charge in [-0.1, -0.05) is 0 Å². The summed E-state index contributed by atoms with van der Waals surface area (Å²) >= 11 is 0. The molecule has 2 aliphatic rings. The Morgan fingerprint density at radius 2 is 1.56 bits per heavy atom. The summed E-state index contributed by atoms with van der Waals surface area (Å²) in [7, 11) is 1.12. The number of ether oxygens (including phenoxy) is 4. The first kappa shape index (κ1) is 20.4. The molecule has 2 rings (SSSR count). The molecule has 2 saturated heterocycles. The van der Waals surface area contributed by atoms with Gasteiger partial charge in [-0.2, -0.15) is 0 Å². The molecule has 0 spiro atoms. The highest BCUT2D eigenvalue weighted by Crippen LogP contribution is 2.29. The number of aliphatic hydroxyl groups is 6. The number of carboxylic acids is 1. The van der Waals surface area contributed by atoms with Crippen LogP contribution in [-0.4, -0.2) is 117 Å². The Bertz CT molecular complexity index is 458. The van der Waals surface area contributed by atoms with E-state index in [0.29, 0.717) is 0 Å². The van der Waals surface area contributed by atoms with Crippen molar-refractivity contribution in [2.45, 2.75) is 61.4 Å². The van der Waals surface area contributed by atoms with Crippen LogP contribution in [0, 0.1) is 0 Å². The van der Waals surface area contributed by atoms with E-state index in [0.717, 1.165) is 7.11 Å². The lowest BCUT2D eigenvalue weighted by Gasteiger charge is -2.45. The Balaban J connectivity index is 2.18. The highest BCUT2D eigenvalue weighted by Gasteiger charge is 2.52. The fourth-order valence-electron chi connectivity index (χ4n) is 2.80. The summed E-state index contributed by atoms with van der Waals surface area (Å²) in [6, 6.07) is 0. The smallest absolute Gasteiger partial charge is 0.335 e. The van der Waals surface area contributed by atoms with E-state index in [4.69, 9.17) is 24.1 Å². The lowest BCUT2D eigenvalue weighted by atomic mass is 9.97. The van der Waals surface area contributed by atoms with Gasteiger partial charge in [0.2, 0.25) is 0 Å². The van der Waals surface area contributed by atoms with Crippen LogP contribution in [0.2, 0.25) is 0 Å². The average molecular weight is 370 g/mol. The van der Waals surface area contributed by atoms with Crippen LogP contribution >= 0.6 is 0 Å². The van der Waals surface area contributed by atoms with Crippen molar-refractivity contribution < 1.29 is 59.5 Å². The Labute approximate surface area is 141 Å². The molecule has 0 aliphatic carbocycles. The number of hydrogen-bond donors (Lipinski definition) is 7. The van der Waals surface area contributed by atoms with E-state index in [2.05, 4.69) is 0 Å². The molecule has 0 aromatic rings. The lowest BCUT2D eigenvalue weighted by Crippen LogP contribution is -2.65. The molecule has 2 aliphatic heterocycles. The zero-order valence-electron chi connectivity index (χ0n) is 13.2. The van der Waals surface area contributed by atoms with Crippen LogP contribution in [0.1, 0.15) is 0 Å². The largest absolute Gasteiger partial charge is 0.479 e. The van der Waals surface area contributed by atoms with Crippen molar-refractivity contribution in [3.8, 4) is 0 Å². The second-order valence-electron chi connectivity index (χ2n) is 5.77. The maximum Gasteiger partial charge on any atom is 0.335 e. The van der Waals surface area contributed by atoms with Gasteiger partial charge in [0, 0.05) is 7.11 Å². The summed E-state index contributed by atoms with van der Waals surface area (Å²) in [4.78, 5) is 11.3. The number of hydrogen-bond acceptors (Lipinski definition) is 11. The topological polar surface area (TPSA) is 196 Å². The zero-order valence-corrected chi connectivity index (χ0v) is 13.2. The second-order valence-corrected chi connectivity index (χ2v) is 5.77. The molecular weight excluding hydrogens is 348 g/mol. The number of rotatable bonds is 5. The normalized spacial score (nSPS) is 48.3. The molecule has 12 nitrogen and oxygen atoms in total. The quantitative estimate of drug-likeness (QED) is 0.245. The van der Waals surface area contributed by atoms with Gasteiger partial charge in [-0.05, 0) is 0 Å². The van der Waals surface area contributed by atoms with Crippen LogP contribution in [0.25, 0.3) is 0 Å². The van der Waals surface area contributed by atoms with E-state index < -0.39 is 74.0 Å². The maximum absolute atomic E-state index is 11.3. The number of carbonyl (C=O) groups is 1. The maximum atomic E-state index is 11.3. The molecule has 10 atom stereocenters. The summed E-state index contributed by atoms with van der Waals surface area (Å²) in [6.07, 6.45) is -16.3. The monoisotopic (exact) mass is 370 g/mol. The van der Waals surface area contributed by atoms with Gasteiger partial charge >= 0.3 is 5.97 Å². The van der Waals surface area contributed by atoms with Crippen LogP contribution in [0.5, 0.6) is 0 Å². The van der Waals surface area contributed by atoms with Gasteiger partial charge in [-0.25, -0.2) is 4.79 Å². The second kappa shape index (κ2) is 8.18. The van der Waals surface area contributed by atoms with Crippen molar-refractivity contribution in [1.29, 1.82) is 0 Å². The third-order valence-corrected chi connectivity index (χ3v) is 4.19. The molecule has 2 heterocycles. The Morgan fingerprint density at radius 1 is 0.960 bits per heavy atom. The highest BCUT2D eigenvalue weighted by molar-refractivity contribution is 5.73. The van der Waals surface area contributed by atoms with Gasteiger partial charge in [0.25, 0.3) is 0 Å². The average Bonchev–Trinajstić information content (AvgIpc) is 2.58. The fraction of sp³-hybridized carbons (Fsp3) is 0.923. The van der Waals surface area contributed by atoms with E-state index in [-0.39, 0.29) is 0 Å². The molecule has 0 saturated carbocycles. The lowest BCUT2D eigenvalue weighted by molar-refractivity contribution is -0.352. The number of methoxy groups -OCH3 is 1. The molecule has 12 heteroatoms.